The highest BCUT2D eigenvalue weighted by Crippen LogP contribution is 2.36. The molecule has 7 heteroatoms. The monoisotopic (exact) mass is 426 g/mol. The van der Waals surface area contributed by atoms with E-state index in [1.54, 1.807) is 24.3 Å². The molecule has 0 fully saturated rings. The number of carbonyl (C=O) groups is 2. The molecule has 25 heavy (non-hydrogen) atoms. The fraction of sp³-hybridized carbons (Fsp3) is 0.222. The van der Waals surface area contributed by atoms with E-state index < -0.39 is 5.97 Å². The summed E-state index contributed by atoms with van der Waals surface area (Å²) >= 11 is 9.42. The highest BCUT2D eigenvalue weighted by molar-refractivity contribution is 9.10. The van der Waals surface area contributed by atoms with E-state index in [1.807, 2.05) is 6.92 Å². The van der Waals surface area contributed by atoms with Gasteiger partial charge in [0.1, 0.15) is 0 Å². The lowest BCUT2D eigenvalue weighted by Gasteiger charge is -2.12. The molecule has 0 N–H and O–H groups in total. The second-order valence-corrected chi connectivity index (χ2v) is 6.25. The zero-order valence-corrected chi connectivity index (χ0v) is 16.0. The van der Waals surface area contributed by atoms with Gasteiger partial charge in [-0.15, -0.1) is 0 Å². The number of ether oxygens (including phenoxy) is 3. The van der Waals surface area contributed by atoms with Crippen molar-refractivity contribution in [3.8, 4) is 11.5 Å². The van der Waals surface area contributed by atoms with Gasteiger partial charge in [-0.3, -0.25) is 4.79 Å². The van der Waals surface area contributed by atoms with Crippen LogP contribution in [0.4, 0.5) is 0 Å². The normalized spacial score (nSPS) is 10.2. The molecule has 0 aromatic heterocycles. The van der Waals surface area contributed by atoms with E-state index in [4.69, 9.17) is 25.8 Å². The average Bonchev–Trinajstić information content (AvgIpc) is 2.61. The molecular formula is C18H16BrClO5. The van der Waals surface area contributed by atoms with Crippen molar-refractivity contribution < 1.29 is 23.8 Å². The molecule has 0 radical (unpaired) electrons. The van der Waals surface area contributed by atoms with Gasteiger partial charge in [-0.1, -0.05) is 39.7 Å². The van der Waals surface area contributed by atoms with E-state index >= 15 is 0 Å². The van der Waals surface area contributed by atoms with Crippen molar-refractivity contribution in [2.45, 2.75) is 6.92 Å². The van der Waals surface area contributed by atoms with Gasteiger partial charge in [-0.05, 0) is 31.2 Å². The highest BCUT2D eigenvalue weighted by atomic mass is 79.9. The van der Waals surface area contributed by atoms with E-state index in [9.17, 15) is 9.59 Å². The van der Waals surface area contributed by atoms with Crippen LogP contribution in [0.1, 0.15) is 27.6 Å². The smallest absolute Gasteiger partial charge is 0.338 e. The van der Waals surface area contributed by atoms with Crippen LogP contribution in [0.25, 0.3) is 0 Å². The number of halogens is 2. The molecule has 5 nitrogen and oxygen atoms in total. The summed E-state index contributed by atoms with van der Waals surface area (Å²) in [4.78, 5) is 24.2. The van der Waals surface area contributed by atoms with Crippen molar-refractivity contribution in [1.29, 1.82) is 0 Å². The Kier molecular flexibility index (Phi) is 6.84. The van der Waals surface area contributed by atoms with Gasteiger partial charge >= 0.3 is 5.97 Å². The maximum Gasteiger partial charge on any atom is 0.338 e. The fourth-order valence-corrected chi connectivity index (χ4v) is 2.59. The average molecular weight is 428 g/mol. The Balaban J connectivity index is 2.09. The van der Waals surface area contributed by atoms with E-state index in [2.05, 4.69) is 15.9 Å². The molecule has 2 aromatic carbocycles. The first-order valence-corrected chi connectivity index (χ1v) is 8.59. The lowest BCUT2D eigenvalue weighted by atomic mass is 10.1. The molecule has 0 spiro atoms. The molecule has 2 rings (SSSR count). The predicted molar refractivity (Wildman–Crippen MR) is 97.9 cm³/mol. The molecule has 0 atom stereocenters. The lowest BCUT2D eigenvalue weighted by Crippen LogP contribution is -2.14. The van der Waals surface area contributed by atoms with Gasteiger partial charge in [0, 0.05) is 10.0 Å². The maximum absolute atomic E-state index is 12.2. The number of ketones is 1. The number of esters is 1. The first-order chi connectivity index (χ1) is 12.0. The van der Waals surface area contributed by atoms with Crippen LogP contribution >= 0.6 is 27.5 Å². The Morgan fingerprint density at radius 1 is 1.12 bits per heavy atom. The molecule has 0 aliphatic heterocycles. The Labute approximate surface area is 159 Å². The summed E-state index contributed by atoms with van der Waals surface area (Å²) in [7, 11) is 1.44. The molecule has 0 saturated carbocycles. The van der Waals surface area contributed by atoms with Crippen molar-refractivity contribution in [2.75, 3.05) is 20.3 Å². The van der Waals surface area contributed by atoms with E-state index in [0.717, 1.165) is 4.47 Å². The number of hydrogen-bond donors (Lipinski definition) is 0. The molecule has 132 valence electrons. The standard InChI is InChI=1S/C18H16BrClO5/c1-3-24-17-14(20)8-12(9-16(17)23-2)18(22)25-10-15(21)11-4-6-13(19)7-5-11/h4-9H,3,10H2,1-2H3. The first kappa shape index (κ1) is 19.3. The second kappa shape index (κ2) is 8.87. The third-order valence-corrected chi connectivity index (χ3v) is 4.06. The van der Waals surface area contributed by atoms with Gasteiger partial charge in [-0.2, -0.15) is 0 Å². The van der Waals surface area contributed by atoms with Crippen molar-refractivity contribution in [2.24, 2.45) is 0 Å². The van der Waals surface area contributed by atoms with Gasteiger partial charge in [0.05, 0.1) is 24.3 Å². The van der Waals surface area contributed by atoms with E-state index in [1.165, 1.54) is 19.2 Å². The molecular weight excluding hydrogens is 412 g/mol. The quantitative estimate of drug-likeness (QED) is 0.479. The van der Waals surface area contributed by atoms with Crippen molar-refractivity contribution in [3.63, 3.8) is 0 Å². The van der Waals surface area contributed by atoms with Crippen LogP contribution in [0.5, 0.6) is 11.5 Å². The van der Waals surface area contributed by atoms with Gasteiger partial charge in [-0.25, -0.2) is 4.79 Å². The van der Waals surface area contributed by atoms with Crippen molar-refractivity contribution in [3.05, 3.63) is 57.0 Å². The van der Waals surface area contributed by atoms with Gasteiger partial charge in [0.25, 0.3) is 0 Å². The minimum Gasteiger partial charge on any atom is -0.493 e. The molecule has 0 amide bonds. The molecule has 0 heterocycles. The lowest BCUT2D eigenvalue weighted by molar-refractivity contribution is 0.0474. The van der Waals surface area contributed by atoms with Crippen LogP contribution in [0, 0.1) is 0 Å². The summed E-state index contributed by atoms with van der Waals surface area (Å²) in [6, 6.07) is 9.66. The van der Waals surface area contributed by atoms with Crippen LogP contribution in [0.15, 0.2) is 40.9 Å². The van der Waals surface area contributed by atoms with Gasteiger partial charge < -0.3 is 14.2 Å². The summed E-state index contributed by atoms with van der Waals surface area (Å²) in [6.45, 7) is 1.85. The maximum atomic E-state index is 12.2. The molecule has 0 aliphatic rings. The SMILES string of the molecule is CCOc1c(Cl)cc(C(=O)OCC(=O)c2ccc(Br)cc2)cc1OC. The molecule has 0 aliphatic carbocycles. The molecule has 0 bridgehead atoms. The Morgan fingerprint density at radius 2 is 1.80 bits per heavy atom. The first-order valence-electron chi connectivity index (χ1n) is 7.42. The van der Waals surface area contributed by atoms with Crippen LogP contribution in [0.3, 0.4) is 0 Å². The molecule has 2 aromatic rings. The topological polar surface area (TPSA) is 61.8 Å². The Hall–Kier alpha value is -2.05. The fourth-order valence-electron chi connectivity index (χ4n) is 2.06. The Morgan fingerprint density at radius 3 is 2.40 bits per heavy atom. The van der Waals surface area contributed by atoms with Crippen molar-refractivity contribution >= 4 is 39.3 Å². The minimum atomic E-state index is -0.672. The summed E-state index contributed by atoms with van der Waals surface area (Å²) in [5.41, 5.74) is 0.632. The van der Waals surface area contributed by atoms with Gasteiger partial charge in [0.15, 0.2) is 23.9 Å². The third kappa shape index (κ3) is 4.96. The van der Waals surface area contributed by atoms with Crippen LogP contribution < -0.4 is 9.47 Å². The van der Waals surface area contributed by atoms with E-state index in [0.29, 0.717) is 23.7 Å². The second-order valence-electron chi connectivity index (χ2n) is 4.93. The number of benzene rings is 2. The summed E-state index contributed by atoms with van der Waals surface area (Å²) in [5, 5.41) is 0.229. The van der Waals surface area contributed by atoms with Crippen LogP contribution in [-0.2, 0) is 4.74 Å². The van der Waals surface area contributed by atoms with Gasteiger partial charge in [0.2, 0.25) is 0 Å². The third-order valence-electron chi connectivity index (χ3n) is 3.25. The zero-order valence-electron chi connectivity index (χ0n) is 13.7. The van der Waals surface area contributed by atoms with Crippen molar-refractivity contribution in [1.82, 2.24) is 0 Å². The largest absolute Gasteiger partial charge is 0.493 e. The number of hydrogen-bond acceptors (Lipinski definition) is 5. The summed E-state index contributed by atoms with van der Waals surface area (Å²) < 4.78 is 16.5. The number of methoxy groups -OCH3 is 1. The van der Waals surface area contributed by atoms with Crippen LogP contribution in [-0.4, -0.2) is 32.1 Å². The zero-order chi connectivity index (χ0) is 18.4. The minimum absolute atomic E-state index is 0.175. The molecule has 0 saturated heterocycles. The summed E-state index contributed by atoms with van der Waals surface area (Å²) in [5.74, 6) is -0.298. The van der Waals surface area contributed by atoms with Crippen LogP contribution in [0.2, 0.25) is 5.02 Å². The summed E-state index contributed by atoms with van der Waals surface area (Å²) in [6.07, 6.45) is 0. The predicted octanol–water partition coefficient (Wildman–Crippen LogP) is 4.55. The number of carbonyl (C=O) groups excluding carboxylic acids is 2. The number of Topliss-reactive ketones (excluding diaryl/α,β-unsaturated/α-hetero) is 1. The molecule has 0 unspecified atom stereocenters. The highest BCUT2D eigenvalue weighted by Gasteiger charge is 2.18. The van der Waals surface area contributed by atoms with E-state index in [-0.39, 0.29) is 23.0 Å². The Bertz CT molecular complexity index is 774. The number of rotatable bonds is 7.